The molecule has 0 aliphatic heterocycles. The summed E-state index contributed by atoms with van der Waals surface area (Å²) in [6.45, 7) is 0. The van der Waals surface area contributed by atoms with E-state index < -0.39 is 0 Å². The Morgan fingerprint density at radius 3 is 3.00 bits per heavy atom. The molecule has 0 fully saturated rings. The zero-order valence-electron chi connectivity index (χ0n) is 7.91. The van der Waals surface area contributed by atoms with Crippen molar-refractivity contribution in [2.45, 2.75) is 9.92 Å². The molecule has 0 spiro atoms. The molecule has 0 amide bonds. The molecule has 0 saturated heterocycles. The van der Waals surface area contributed by atoms with Crippen LogP contribution in [0.25, 0.3) is 0 Å². The summed E-state index contributed by atoms with van der Waals surface area (Å²) >= 11 is 10.6. The van der Waals surface area contributed by atoms with Gasteiger partial charge >= 0.3 is 0 Å². The van der Waals surface area contributed by atoms with Crippen LogP contribution in [0.2, 0.25) is 5.02 Å². The summed E-state index contributed by atoms with van der Waals surface area (Å²) in [7, 11) is 0. The third kappa shape index (κ3) is 2.66. The molecular formula is C10H6BrClN2OS. The number of rotatable bonds is 2. The highest BCUT2D eigenvalue weighted by molar-refractivity contribution is 9.10. The van der Waals surface area contributed by atoms with Crippen LogP contribution in [0.1, 0.15) is 0 Å². The lowest BCUT2D eigenvalue weighted by Crippen LogP contribution is -2.07. The van der Waals surface area contributed by atoms with Crippen LogP contribution in [0.5, 0.6) is 0 Å². The van der Waals surface area contributed by atoms with Crippen LogP contribution in [0, 0.1) is 0 Å². The molecule has 6 heteroatoms. The summed E-state index contributed by atoms with van der Waals surface area (Å²) in [4.78, 5) is 18.7. The van der Waals surface area contributed by atoms with E-state index in [4.69, 9.17) is 11.6 Å². The molecule has 0 saturated carbocycles. The van der Waals surface area contributed by atoms with Crippen molar-refractivity contribution in [1.29, 1.82) is 0 Å². The average molecular weight is 318 g/mol. The van der Waals surface area contributed by atoms with Crippen LogP contribution in [-0.4, -0.2) is 9.97 Å². The molecule has 2 rings (SSSR count). The number of aromatic amines is 1. The first-order chi connectivity index (χ1) is 7.66. The Bertz CT molecular complexity index is 573. The van der Waals surface area contributed by atoms with Crippen molar-refractivity contribution in [3.63, 3.8) is 0 Å². The molecule has 0 unspecified atom stereocenters. The summed E-state index contributed by atoms with van der Waals surface area (Å²) in [6, 6.07) is 7.70. The van der Waals surface area contributed by atoms with Gasteiger partial charge in [-0.2, -0.15) is 0 Å². The number of hydrogen-bond acceptors (Lipinski definition) is 3. The Hall–Kier alpha value is -0.780. The van der Waals surface area contributed by atoms with Gasteiger partial charge in [-0.15, -0.1) is 0 Å². The summed E-state index contributed by atoms with van der Waals surface area (Å²) in [6.07, 6.45) is 1.34. The van der Waals surface area contributed by atoms with E-state index in [-0.39, 0.29) is 10.6 Å². The van der Waals surface area contributed by atoms with Gasteiger partial charge in [-0.05, 0) is 18.2 Å². The maximum absolute atomic E-state index is 11.2. The average Bonchev–Trinajstić information content (AvgIpc) is 2.25. The van der Waals surface area contributed by atoms with E-state index >= 15 is 0 Å². The van der Waals surface area contributed by atoms with Gasteiger partial charge < -0.3 is 4.98 Å². The highest BCUT2D eigenvalue weighted by atomic mass is 79.9. The molecule has 1 heterocycles. The maximum Gasteiger partial charge on any atom is 0.270 e. The molecule has 0 radical (unpaired) electrons. The lowest BCUT2D eigenvalue weighted by molar-refractivity contribution is 1.01. The molecule has 3 nitrogen and oxygen atoms in total. The largest absolute Gasteiger partial charge is 0.312 e. The van der Waals surface area contributed by atoms with Gasteiger partial charge in [0.1, 0.15) is 10.0 Å². The third-order valence-corrected chi connectivity index (χ3v) is 3.72. The number of nitrogens with zero attached hydrogens (tertiary/aromatic N) is 1. The maximum atomic E-state index is 11.2. The van der Waals surface area contributed by atoms with Crippen molar-refractivity contribution in [3.8, 4) is 0 Å². The Balaban J connectivity index is 2.34. The van der Waals surface area contributed by atoms with E-state index in [2.05, 4.69) is 25.9 Å². The van der Waals surface area contributed by atoms with Gasteiger partial charge in [0.15, 0.2) is 0 Å². The highest BCUT2D eigenvalue weighted by Crippen LogP contribution is 2.30. The zero-order valence-corrected chi connectivity index (χ0v) is 11.1. The van der Waals surface area contributed by atoms with Crippen molar-refractivity contribution < 1.29 is 0 Å². The van der Waals surface area contributed by atoms with Gasteiger partial charge in [0.05, 0.1) is 6.33 Å². The molecule has 0 aliphatic rings. The predicted octanol–water partition coefficient (Wildman–Crippen LogP) is 3.34. The van der Waals surface area contributed by atoms with Gasteiger partial charge in [-0.25, -0.2) is 4.98 Å². The first-order valence-corrected chi connectivity index (χ1v) is 6.32. The number of H-pyrrole nitrogens is 1. The van der Waals surface area contributed by atoms with E-state index in [0.29, 0.717) is 5.03 Å². The highest BCUT2D eigenvalue weighted by Gasteiger charge is 2.07. The lowest BCUT2D eigenvalue weighted by atomic mass is 10.4. The van der Waals surface area contributed by atoms with Crippen LogP contribution in [-0.2, 0) is 0 Å². The molecule has 0 aliphatic carbocycles. The number of hydrogen-bond donors (Lipinski definition) is 1. The van der Waals surface area contributed by atoms with Crippen molar-refractivity contribution in [2.24, 2.45) is 0 Å². The molecule has 82 valence electrons. The van der Waals surface area contributed by atoms with Gasteiger partial charge in [-0.3, -0.25) is 4.79 Å². The molecule has 0 atom stereocenters. The topological polar surface area (TPSA) is 45.8 Å². The Morgan fingerprint density at radius 1 is 1.44 bits per heavy atom. The van der Waals surface area contributed by atoms with E-state index in [1.54, 1.807) is 0 Å². The van der Waals surface area contributed by atoms with Crippen LogP contribution >= 0.6 is 39.3 Å². The molecule has 1 aromatic heterocycles. The number of halogens is 2. The zero-order chi connectivity index (χ0) is 11.5. The summed E-state index contributed by atoms with van der Waals surface area (Å²) in [5.41, 5.74) is -0.325. The van der Waals surface area contributed by atoms with Crippen molar-refractivity contribution in [3.05, 3.63) is 50.4 Å². The quantitative estimate of drug-likeness (QED) is 0.864. The van der Waals surface area contributed by atoms with Gasteiger partial charge in [-0.1, -0.05) is 45.4 Å². The first kappa shape index (κ1) is 11.7. The number of benzene rings is 1. The number of aromatic nitrogens is 2. The first-order valence-electron chi connectivity index (χ1n) is 4.33. The van der Waals surface area contributed by atoms with Crippen molar-refractivity contribution in [1.82, 2.24) is 9.97 Å². The minimum atomic E-state index is -0.325. The monoisotopic (exact) mass is 316 g/mol. The van der Waals surface area contributed by atoms with E-state index in [1.165, 1.54) is 18.1 Å². The number of nitrogens with one attached hydrogen (secondary N) is 1. The van der Waals surface area contributed by atoms with E-state index in [0.717, 1.165) is 9.37 Å². The third-order valence-electron chi connectivity index (χ3n) is 1.78. The summed E-state index contributed by atoms with van der Waals surface area (Å²) in [5, 5.41) is 0.621. The second-order valence-electron chi connectivity index (χ2n) is 2.91. The van der Waals surface area contributed by atoms with Crippen molar-refractivity contribution >= 4 is 39.3 Å². The van der Waals surface area contributed by atoms with Crippen LogP contribution in [0.3, 0.4) is 0 Å². The minimum Gasteiger partial charge on any atom is -0.312 e. The van der Waals surface area contributed by atoms with Crippen LogP contribution in [0.15, 0.2) is 49.8 Å². The van der Waals surface area contributed by atoms with Gasteiger partial charge in [0, 0.05) is 9.37 Å². The fraction of sp³-hybridized carbons (Fsp3) is 0. The molecular weight excluding hydrogens is 312 g/mol. The fourth-order valence-corrected chi connectivity index (χ4v) is 2.69. The Kier molecular flexibility index (Phi) is 3.68. The van der Waals surface area contributed by atoms with Crippen molar-refractivity contribution in [2.75, 3.05) is 0 Å². The van der Waals surface area contributed by atoms with Crippen LogP contribution < -0.4 is 5.56 Å². The smallest absolute Gasteiger partial charge is 0.270 e. The minimum absolute atomic E-state index is 0.118. The Morgan fingerprint density at radius 2 is 2.25 bits per heavy atom. The molecule has 0 bridgehead atoms. The standard InChI is InChI=1S/C10H6BrClN2OS/c11-6-2-1-3-7(4-6)16-10-8(12)9(15)13-5-14-10/h1-5H,(H,13,14,15). The molecule has 16 heavy (non-hydrogen) atoms. The van der Waals surface area contributed by atoms with Crippen LogP contribution in [0.4, 0.5) is 0 Å². The van der Waals surface area contributed by atoms with Gasteiger partial charge in [0.2, 0.25) is 0 Å². The second kappa shape index (κ2) is 5.03. The summed E-state index contributed by atoms with van der Waals surface area (Å²) in [5.74, 6) is 0. The molecule has 1 aromatic carbocycles. The second-order valence-corrected chi connectivity index (χ2v) is 5.27. The lowest BCUT2D eigenvalue weighted by Gasteiger charge is -2.02. The molecule has 2 aromatic rings. The summed E-state index contributed by atoms with van der Waals surface area (Å²) < 4.78 is 0.971. The Labute approximate surface area is 109 Å². The molecule has 1 N–H and O–H groups in total. The van der Waals surface area contributed by atoms with E-state index in [1.807, 2.05) is 24.3 Å². The van der Waals surface area contributed by atoms with Gasteiger partial charge in [0.25, 0.3) is 5.56 Å². The van der Waals surface area contributed by atoms with E-state index in [9.17, 15) is 4.79 Å². The SMILES string of the molecule is O=c1[nH]cnc(Sc2cccc(Br)c2)c1Cl. The fourth-order valence-electron chi connectivity index (χ4n) is 1.08. The normalized spacial score (nSPS) is 10.4. The predicted molar refractivity (Wildman–Crippen MR) is 68.1 cm³/mol.